The van der Waals surface area contributed by atoms with E-state index >= 15 is 0 Å². The number of nitrogens with zero attached hydrogens (tertiary/aromatic N) is 2. The molecule has 1 aromatic heterocycles. The zero-order valence-corrected chi connectivity index (χ0v) is 10.2. The van der Waals surface area contributed by atoms with Gasteiger partial charge in [0.1, 0.15) is 5.82 Å². The first-order valence-electron chi connectivity index (χ1n) is 6.26. The molecular weight excluding hydrogens is 198 g/mol. The van der Waals surface area contributed by atoms with Crippen LogP contribution in [0.3, 0.4) is 0 Å². The van der Waals surface area contributed by atoms with Crippen LogP contribution in [0, 0.1) is 0 Å². The van der Waals surface area contributed by atoms with E-state index in [9.17, 15) is 0 Å². The number of pyridine rings is 1. The minimum absolute atomic E-state index is 0.612. The second-order valence-corrected chi connectivity index (χ2v) is 4.38. The molecule has 1 aliphatic heterocycles. The van der Waals surface area contributed by atoms with Gasteiger partial charge in [-0.3, -0.25) is 0 Å². The third-order valence-corrected chi connectivity index (χ3v) is 3.29. The van der Waals surface area contributed by atoms with Crippen molar-refractivity contribution in [3.63, 3.8) is 0 Å². The average molecular weight is 219 g/mol. The van der Waals surface area contributed by atoms with Gasteiger partial charge < -0.3 is 10.2 Å². The van der Waals surface area contributed by atoms with E-state index < -0.39 is 0 Å². The van der Waals surface area contributed by atoms with E-state index in [-0.39, 0.29) is 0 Å². The Bertz CT molecular complexity index is 320. The fourth-order valence-corrected chi connectivity index (χ4v) is 2.12. The van der Waals surface area contributed by atoms with Crippen LogP contribution in [0.5, 0.6) is 0 Å². The van der Waals surface area contributed by atoms with Crippen LogP contribution in [0.25, 0.3) is 0 Å². The molecule has 88 valence electrons. The Morgan fingerprint density at radius 1 is 1.44 bits per heavy atom. The lowest BCUT2D eigenvalue weighted by Gasteiger charge is -2.34. The fourth-order valence-electron chi connectivity index (χ4n) is 2.12. The van der Waals surface area contributed by atoms with Crippen molar-refractivity contribution in [3.8, 4) is 0 Å². The first kappa shape index (κ1) is 11.4. The highest BCUT2D eigenvalue weighted by Crippen LogP contribution is 2.14. The van der Waals surface area contributed by atoms with Crippen molar-refractivity contribution in [2.75, 3.05) is 24.5 Å². The highest BCUT2D eigenvalue weighted by molar-refractivity contribution is 5.40. The first-order chi connectivity index (χ1) is 7.83. The van der Waals surface area contributed by atoms with Gasteiger partial charge in [-0.25, -0.2) is 4.98 Å². The summed E-state index contributed by atoms with van der Waals surface area (Å²) in [7, 11) is 0. The van der Waals surface area contributed by atoms with Gasteiger partial charge in [-0.1, -0.05) is 19.9 Å². The molecule has 1 aromatic rings. The van der Waals surface area contributed by atoms with Crippen LogP contribution in [0.4, 0.5) is 5.82 Å². The van der Waals surface area contributed by atoms with Gasteiger partial charge in [-0.05, 0) is 24.5 Å². The Kier molecular flexibility index (Phi) is 3.78. The summed E-state index contributed by atoms with van der Waals surface area (Å²) < 4.78 is 0. The van der Waals surface area contributed by atoms with Crippen LogP contribution in [0.2, 0.25) is 0 Å². The minimum Gasteiger partial charge on any atom is -0.354 e. The van der Waals surface area contributed by atoms with Crippen molar-refractivity contribution in [1.82, 2.24) is 10.3 Å². The number of anilines is 1. The number of aryl methyl sites for hydroxylation is 1. The molecule has 1 N–H and O–H groups in total. The largest absolute Gasteiger partial charge is 0.354 e. The molecule has 1 unspecified atom stereocenters. The summed E-state index contributed by atoms with van der Waals surface area (Å²) >= 11 is 0. The molecule has 0 aliphatic carbocycles. The highest BCUT2D eigenvalue weighted by Gasteiger charge is 2.18. The summed E-state index contributed by atoms with van der Waals surface area (Å²) in [6.07, 6.45) is 4.24. The summed E-state index contributed by atoms with van der Waals surface area (Å²) in [6, 6.07) is 4.95. The zero-order valence-electron chi connectivity index (χ0n) is 10.2. The summed E-state index contributed by atoms with van der Waals surface area (Å²) in [6.45, 7) is 7.60. The molecule has 0 spiro atoms. The van der Waals surface area contributed by atoms with Crippen molar-refractivity contribution < 1.29 is 0 Å². The van der Waals surface area contributed by atoms with E-state index in [0.717, 1.165) is 31.9 Å². The lowest BCUT2D eigenvalue weighted by Crippen LogP contribution is -2.50. The molecule has 0 saturated carbocycles. The molecule has 16 heavy (non-hydrogen) atoms. The van der Waals surface area contributed by atoms with Crippen molar-refractivity contribution >= 4 is 5.82 Å². The molecule has 2 rings (SSSR count). The van der Waals surface area contributed by atoms with Gasteiger partial charge in [-0.15, -0.1) is 0 Å². The van der Waals surface area contributed by atoms with Gasteiger partial charge in [0.05, 0.1) is 0 Å². The van der Waals surface area contributed by atoms with E-state index in [1.54, 1.807) is 0 Å². The third kappa shape index (κ3) is 2.53. The van der Waals surface area contributed by atoms with Crippen LogP contribution in [0.1, 0.15) is 25.8 Å². The molecule has 1 saturated heterocycles. The van der Waals surface area contributed by atoms with E-state index in [1.807, 2.05) is 6.20 Å². The summed E-state index contributed by atoms with van der Waals surface area (Å²) in [5, 5.41) is 3.52. The zero-order chi connectivity index (χ0) is 11.4. The van der Waals surface area contributed by atoms with Crippen molar-refractivity contribution in [3.05, 3.63) is 23.9 Å². The number of nitrogens with one attached hydrogen (secondary N) is 1. The average Bonchev–Trinajstić information content (AvgIpc) is 2.39. The van der Waals surface area contributed by atoms with Gasteiger partial charge in [0.25, 0.3) is 0 Å². The maximum Gasteiger partial charge on any atom is 0.128 e. The maximum atomic E-state index is 4.54. The van der Waals surface area contributed by atoms with Gasteiger partial charge >= 0.3 is 0 Å². The number of aromatic nitrogens is 1. The molecule has 0 radical (unpaired) electrons. The molecule has 0 bridgehead atoms. The Morgan fingerprint density at radius 3 is 2.94 bits per heavy atom. The molecule has 0 amide bonds. The van der Waals surface area contributed by atoms with Gasteiger partial charge in [0, 0.05) is 31.9 Å². The second kappa shape index (κ2) is 5.30. The van der Waals surface area contributed by atoms with Crippen LogP contribution in [0.15, 0.2) is 18.3 Å². The van der Waals surface area contributed by atoms with Gasteiger partial charge in [0.2, 0.25) is 0 Å². The minimum atomic E-state index is 0.612. The van der Waals surface area contributed by atoms with Gasteiger partial charge in [0.15, 0.2) is 0 Å². The maximum absolute atomic E-state index is 4.54. The van der Waals surface area contributed by atoms with E-state index in [1.165, 1.54) is 12.0 Å². The van der Waals surface area contributed by atoms with Gasteiger partial charge in [-0.2, -0.15) is 0 Å². The van der Waals surface area contributed by atoms with Crippen LogP contribution in [-0.4, -0.2) is 30.7 Å². The highest BCUT2D eigenvalue weighted by atomic mass is 15.2. The van der Waals surface area contributed by atoms with Crippen molar-refractivity contribution in [2.45, 2.75) is 32.7 Å². The number of hydrogen-bond donors (Lipinski definition) is 1. The summed E-state index contributed by atoms with van der Waals surface area (Å²) in [4.78, 5) is 6.92. The Labute approximate surface area is 97.9 Å². The molecule has 3 heteroatoms. The molecule has 3 nitrogen and oxygen atoms in total. The van der Waals surface area contributed by atoms with E-state index in [2.05, 4.69) is 41.2 Å². The predicted molar refractivity (Wildman–Crippen MR) is 67.9 cm³/mol. The number of hydrogen-bond acceptors (Lipinski definition) is 3. The normalized spacial score (nSPS) is 21.1. The smallest absolute Gasteiger partial charge is 0.128 e. The molecule has 1 aliphatic rings. The summed E-state index contributed by atoms with van der Waals surface area (Å²) in [5.41, 5.74) is 1.31. The van der Waals surface area contributed by atoms with Crippen LogP contribution < -0.4 is 10.2 Å². The molecule has 2 heterocycles. The Morgan fingerprint density at radius 2 is 2.31 bits per heavy atom. The third-order valence-electron chi connectivity index (χ3n) is 3.29. The molecule has 0 aromatic carbocycles. The Hall–Kier alpha value is -1.09. The Balaban J connectivity index is 2.05. The first-order valence-corrected chi connectivity index (χ1v) is 6.26. The quantitative estimate of drug-likeness (QED) is 0.840. The molecule has 1 fully saturated rings. The van der Waals surface area contributed by atoms with Crippen molar-refractivity contribution in [2.24, 2.45) is 0 Å². The lowest BCUT2D eigenvalue weighted by atomic mass is 10.1. The fraction of sp³-hybridized carbons (Fsp3) is 0.615. The molecular formula is C13H21N3. The predicted octanol–water partition coefficient (Wildman–Crippen LogP) is 1.83. The monoisotopic (exact) mass is 219 g/mol. The topological polar surface area (TPSA) is 28.2 Å². The van der Waals surface area contributed by atoms with E-state index in [4.69, 9.17) is 0 Å². The van der Waals surface area contributed by atoms with Crippen LogP contribution >= 0.6 is 0 Å². The standard InChI is InChI=1S/C13H21N3/c1-3-11-5-6-13(15-9-11)16-8-7-14-12(4-2)10-16/h5-6,9,12,14H,3-4,7-8,10H2,1-2H3. The SMILES string of the molecule is CCc1ccc(N2CCNC(CC)C2)nc1. The lowest BCUT2D eigenvalue weighted by molar-refractivity contribution is 0.445. The molecule has 1 atom stereocenters. The second-order valence-electron chi connectivity index (χ2n) is 4.38. The van der Waals surface area contributed by atoms with E-state index in [0.29, 0.717) is 6.04 Å². The van der Waals surface area contributed by atoms with Crippen LogP contribution in [-0.2, 0) is 6.42 Å². The van der Waals surface area contributed by atoms with Crippen molar-refractivity contribution in [1.29, 1.82) is 0 Å². The number of piperazine rings is 1. The number of rotatable bonds is 3. The summed E-state index contributed by atoms with van der Waals surface area (Å²) in [5.74, 6) is 1.12.